The van der Waals surface area contributed by atoms with E-state index in [1.807, 2.05) is 0 Å². The number of nitrogens with two attached hydrogens (primary N) is 1. The van der Waals surface area contributed by atoms with Gasteiger partial charge in [-0.1, -0.05) is 0 Å². The first-order chi connectivity index (χ1) is 8.26. The van der Waals surface area contributed by atoms with Crippen LogP contribution in [-0.4, -0.2) is 53.9 Å². The molecule has 2 fully saturated rings. The number of piperidine rings is 1. The summed E-state index contributed by atoms with van der Waals surface area (Å²) in [6.07, 6.45) is 4.33. The highest BCUT2D eigenvalue weighted by Crippen LogP contribution is 2.24. The van der Waals surface area contributed by atoms with E-state index < -0.39 is 0 Å². The lowest BCUT2D eigenvalue weighted by Crippen LogP contribution is -2.49. The predicted octanol–water partition coefficient (Wildman–Crippen LogP) is -0.134. The Morgan fingerprint density at radius 2 is 2.18 bits per heavy atom. The number of ether oxygens (including phenoxy) is 1. The topological polar surface area (TPSA) is 75.8 Å². The fraction of sp³-hybridized carbons (Fsp3) is 0.917. The maximum atomic E-state index is 12.3. The molecule has 0 bridgehead atoms. The van der Waals surface area contributed by atoms with E-state index in [4.69, 9.17) is 10.5 Å². The second-order valence-corrected chi connectivity index (χ2v) is 4.92. The van der Waals surface area contributed by atoms with E-state index in [2.05, 4.69) is 0 Å². The lowest BCUT2D eigenvalue weighted by molar-refractivity contribution is -0.147. The first-order valence-electron chi connectivity index (χ1n) is 6.53. The van der Waals surface area contributed by atoms with E-state index in [9.17, 15) is 9.90 Å². The standard InChI is InChI=1S/C12H22N2O3/c13-7-10-4-5-11(17-10)12(16)14-6-2-1-3-9(14)8-15/h9-11,15H,1-8,13H2. The smallest absolute Gasteiger partial charge is 0.252 e. The maximum Gasteiger partial charge on any atom is 0.252 e. The van der Waals surface area contributed by atoms with E-state index in [1.54, 1.807) is 4.90 Å². The number of amides is 1. The largest absolute Gasteiger partial charge is 0.394 e. The summed E-state index contributed by atoms with van der Waals surface area (Å²) in [6.45, 7) is 1.28. The minimum Gasteiger partial charge on any atom is -0.394 e. The Balaban J connectivity index is 1.94. The highest BCUT2D eigenvalue weighted by molar-refractivity contribution is 5.81. The van der Waals surface area contributed by atoms with E-state index in [1.165, 1.54) is 0 Å². The summed E-state index contributed by atoms with van der Waals surface area (Å²) < 4.78 is 5.62. The molecule has 0 saturated carbocycles. The summed E-state index contributed by atoms with van der Waals surface area (Å²) in [5.74, 6) is 0.0414. The van der Waals surface area contributed by atoms with Gasteiger partial charge < -0.3 is 20.5 Å². The predicted molar refractivity (Wildman–Crippen MR) is 63.4 cm³/mol. The first-order valence-corrected chi connectivity index (χ1v) is 6.53. The van der Waals surface area contributed by atoms with Gasteiger partial charge in [0.05, 0.1) is 18.8 Å². The summed E-state index contributed by atoms with van der Waals surface area (Å²) in [5.41, 5.74) is 5.54. The summed E-state index contributed by atoms with van der Waals surface area (Å²) >= 11 is 0. The van der Waals surface area contributed by atoms with Gasteiger partial charge in [-0.15, -0.1) is 0 Å². The van der Waals surface area contributed by atoms with Crippen molar-refractivity contribution in [1.82, 2.24) is 4.90 Å². The van der Waals surface area contributed by atoms with Crippen LogP contribution in [0.25, 0.3) is 0 Å². The number of hydrogen-bond donors (Lipinski definition) is 2. The fourth-order valence-corrected chi connectivity index (χ4v) is 2.73. The van der Waals surface area contributed by atoms with Crippen LogP contribution >= 0.6 is 0 Å². The zero-order chi connectivity index (χ0) is 12.3. The Labute approximate surface area is 102 Å². The molecule has 2 aliphatic rings. The van der Waals surface area contributed by atoms with Gasteiger partial charge >= 0.3 is 0 Å². The molecule has 3 unspecified atom stereocenters. The van der Waals surface area contributed by atoms with Crippen molar-refractivity contribution in [2.75, 3.05) is 19.7 Å². The maximum absolute atomic E-state index is 12.3. The van der Waals surface area contributed by atoms with Crippen molar-refractivity contribution in [3.63, 3.8) is 0 Å². The minimum atomic E-state index is -0.337. The van der Waals surface area contributed by atoms with Gasteiger partial charge in [0.25, 0.3) is 5.91 Å². The van der Waals surface area contributed by atoms with Crippen molar-refractivity contribution < 1.29 is 14.6 Å². The molecule has 3 N–H and O–H groups in total. The number of carbonyl (C=O) groups excluding carboxylic acids is 1. The van der Waals surface area contributed by atoms with Crippen molar-refractivity contribution in [2.24, 2.45) is 5.73 Å². The molecule has 0 aromatic heterocycles. The Kier molecular flexibility index (Phi) is 4.36. The molecule has 1 amide bonds. The van der Waals surface area contributed by atoms with Crippen molar-refractivity contribution in [3.8, 4) is 0 Å². The normalized spacial score (nSPS) is 34.0. The van der Waals surface area contributed by atoms with Crippen molar-refractivity contribution in [1.29, 1.82) is 0 Å². The molecular weight excluding hydrogens is 220 g/mol. The van der Waals surface area contributed by atoms with Gasteiger partial charge in [-0.25, -0.2) is 0 Å². The molecule has 2 heterocycles. The quantitative estimate of drug-likeness (QED) is 0.722. The molecule has 5 heteroatoms. The number of likely N-dealkylation sites (tertiary alicyclic amines) is 1. The molecule has 0 aromatic carbocycles. The van der Waals surface area contributed by atoms with Crippen molar-refractivity contribution in [3.05, 3.63) is 0 Å². The van der Waals surface area contributed by atoms with Crippen LogP contribution < -0.4 is 5.73 Å². The first kappa shape index (κ1) is 12.8. The molecular formula is C12H22N2O3. The lowest BCUT2D eigenvalue weighted by Gasteiger charge is -2.36. The van der Waals surface area contributed by atoms with E-state index in [0.717, 1.165) is 38.6 Å². The molecule has 0 aliphatic carbocycles. The van der Waals surface area contributed by atoms with E-state index in [0.29, 0.717) is 6.54 Å². The Bertz CT molecular complexity index is 272. The van der Waals surface area contributed by atoms with Gasteiger partial charge in [0.15, 0.2) is 0 Å². The number of aliphatic hydroxyl groups is 1. The number of carbonyl (C=O) groups is 1. The molecule has 2 aliphatic heterocycles. The second kappa shape index (κ2) is 5.80. The molecule has 98 valence electrons. The molecule has 17 heavy (non-hydrogen) atoms. The fourth-order valence-electron chi connectivity index (χ4n) is 2.73. The molecule has 0 aromatic rings. The second-order valence-electron chi connectivity index (χ2n) is 4.92. The van der Waals surface area contributed by atoms with Gasteiger partial charge in [-0.3, -0.25) is 4.79 Å². The number of rotatable bonds is 3. The van der Waals surface area contributed by atoms with Crippen LogP contribution in [0.2, 0.25) is 0 Å². The lowest BCUT2D eigenvalue weighted by atomic mass is 10.0. The number of nitrogens with zero attached hydrogens (tertiary/aromatic N) is 1. The highest BCUT2D eigenvalue weighted by Gasteiger charge is 2.36. The third-order valence-corrected chi connectivity index (χ3v) is 3.77. The zero-order valence-corrected chi connectivity index (χ0v) is 10.2. The molecule has 2 saturated heterocycles. The van der Waals surface area contributed by atoms with Crippen LogP contribution in [0, 0.1) is 0 Å². The summed E-state index contributed by atoms with van der Waals surface area (Å²) in [5, 5.41) is 9.30. The minimum absolute atomic E-state index is 0.0169. The van der Waals surface area contributed by atoms with Crippen LogP contribution in [-0.2, 0) is 9.53 Å². The average Bonchev–Trinajstić information content (AvgIpc) is 2.86. The SMILES string of the molecule is NCC1CCC(C(=O)N2CCCCC2CO)O1. The molecule has 2 rings (SSSR count). The number of aliphatic hydroxyl groups excluding tert-OH is 1. The van der Waals surface area contributed by atoms with Crippen LogP contribution in [0.4, 0.5) is 0 Å². The van der Waals surface area contributed by atoms with Crippen molar-refractivity contribution in [2.45, 2.75) is 50.4 Å². The van der Waals surface area contributed by atoms with Gasteiger partial charge in [-0.05, 0) is 32.1 Å². The van der Waals surface area contributed by atoms with Crippen LogP contribution in [0.15, 0.2) is 0 Å². The van der Waals surface area contributed by atoms with Gasteiger partial charge in [0.1, 0.15) is 6.10 Å². The monoisotopic (exact) mass is 242 g/mol. The van der Waals surface area contributed by atoms with E-state index >= 15 is 0 Å². The molecule has 3 atom stereocenters. The summed E-state index contributed by atoms with van der Waals surface area (Å²) in [4.78, 5) is 14.1. The van der Waals surface area contributed by atoms with Crippen LogP contribution in [0.5, 0.6) is 0 Å². The number of hydrogen-bond acceptors (Lipinski definition) is 4. The Hall–Kier alpha value is -0.650. The third-order valence-electron chi connectivity index (χ3n) is 3.77. The van der Waals surface area contributed by atoms with Gasteiger partial charge in [0, 0.05) is 13.1 Å². The Morgan fingerprint density at radius 3 is 2.82 bits per heavy atom. The van der Waals surface area contributed by atoms with Gasteiger partial charge in [-0.2, -0.15) is 0 Å². The summed E-state index contributed by atoms with van der Waals surface area (Å²) in [6, 6.07) is -0.0169. The van der Waals surface area contributed by atoms with Crippen LogP contribution in [0.3, 0.4) is 0 Å². The molecule has 5 nitrogen and oxygen atoms in total. The zero-order valence-electron chi connectivity index (χ0n) is 10.2. The average molecular weight is 242 g/mol. The van der Waals surface area contributed by atoms with E-state index in [-0.39, 0.29) is 30.8 Å². The van der Waals surface area contributed by atoms with Gasteiger partial charge in [0.2, 0.25) is 0 Å². The summed E-state index contributed by atoms with van der Waals surface area (Å²) in [7, 11) is 0. The molecule has 0 spiro atoms. The van der Waals surface area contributed by atoms with Crippen molar-refractivity contribution >= 4 is 5.91 Å². The molecule has 0 radical (unpaired) electrons. The highest BCUT2D eigenvalue weighted by atomic mass is 16.5. The third kappa shape index (κ3) is 2.78. The van der Waals surface area contributed by atoms with Crippen LogP contribution in [0.1, 0.15) is 32.1 Å². The Morgan fingerprint density at radius 1 is 1.35 bits per heavy atom.